The summed E-state index contributed by atoms with van der Waals surface area (Å²) in [6.45, 7) is 0. The molecule has 0 atom stereocenters. The van der Waals surface area contributed by atoms with Crippen molar-refractivity contribution in [3.8, 4) is 22.3 Å². The molecular formula is C52H36N2S. The van der Waals surface area contributed by atoms with Gasteiger partial charge in [0.2, 0.25) is 0 Å². The predicted molar refractivity (Wildman–Crippen MR) is 237 cm³/mol. The Morgan fingerprint density at radius 3 is 1.44 bits per heavy atom. The van der Waals surface area contributed by atoms with Crippen molar-refractivity contribution in [3.05, 3.63) is 218 Å². The minimum atomic E-state index is 1.11. The zero-order chi connectivity index (χ0) is 36.6. The second-order valence-corrected chi connectivity index (χ2v) is 14.8. The predicted octanol–water partition coefficient (Wildman–Crippen LogP) is 15.5. The number of rotatable bonds is 8. The zero-order valence-electron chi connectivity index (χ0n) is 30.1. The Morgan fingerprint density at radius 1 is 0.273 bits per heavy atom. The van der Waals surface area contributed by atoms with E-state index in [1.807, 2.05) is 11.3 Å². The van der Waals surface area contributed by atoms with Crippen LogP contribution in [-0.4, -0.2) is 0 Å². The van der Waals surface area contributed by atoms with Crippen molar-refractivity contribution in [3.63, 3.8) is 0 Å². The van der Waals surface area contributed by atoms with Crippen LogP contribution in [0.5, 0.6) is 0 Å². The SMILES string of the molecule is c1ccc(-c2ccc(N(c3ccccc3)c3ccc(-c4ccc(N(c5ccccc5)c5ccc6c(c5)sc5ccccc56)cc4)c4ccccc34)cc2)cc1. The van der Waals surface area contributed by atoms with Gasteiger partial charge in [0.05, 0.1) is 5.69 Å². The van der Waals surface area contributed by atoms with Crippen LogP contribution in [0.2, 0.25) is 0 Å². The maximum atomic E-state index is 2.37. The molecule has 0 bridgehead atoms. The summed E-state index contributed by atoms with van der Waals surface area (Å²) in [6, 6.07) is 78.7. The lowest BCUT2D eigenvalue weighted by molar-refractivity contribution is 1.29. The molecule has 55 heavy (non-hydrogen) atoms. The van der Waals surface area contributed by atoms with E-state index in [9.17, 15) is 0 Å². The summed E-state index contributed by atoms with van der Waals surface area (Å²) >= 11 is 1.85. The molecule has 1 aromatic heterocycles. The molecule has 0 unspecified atom stereocenters. The maximum absolute atomic E-state index is 2.37. The summed E-state index contributed by atoms with van der Waals surface area (Å²) in [6.07, 6.45) is 0. The molecule has 0 spiro atoms. The molecular weight excluding hydrogens is 685 g/mol. The first-order chi connectivity index (χ1) is 27.3. The van der Waals surface area contributed by atoms with Crippen LogP contribution in [-0.2, 0) is 0 Å². The van der Waals surface area contributed by atoms with Gasteiger partial charge in [0.25, 0.3) is 0 Å². The van der Waals surface area contributed by atoms with Gasteiger partial charge in [0.15, 0.2) is 0 Å². The van der Waals surface area contributed by atoms with Crippen molar-refractivity contribution in [2.45, 2.75) is 0 Å². The highest BCUT2D eigenvalue weighted by atomic mass is 32.1. The third-order valence-corrected chi connectivity index (χ3v) is 11.6. The van der Waals surface area contributed by atoms with E-state index >= 15 is 0 Å². The molecule has 260 valence electrons. The van der Waals surface area contributed by atoms with Gasteiger partial charge in [-0.2, -0.15) is 0 Å². The first kappa shape index (κ1) is 32.7. The van der Waals surface area contributed by atoms with E-state index in [0.717, 1.165) is 34.1 Å². The van der Waals surface area contributed by atoms with E-state index in [4.69, 9.17) is 0 Å². The Morgan fingerprint density at radius 2 is 0.745 bits per heavy atom. The third kappa shape index (κ3) is 6.11. The number of fused-ring (bicyclic) bond motifs is 4. The van der Waals surface area contributed by atoms with Gasteiger partial charge < -0.3 is 9.80 Å². The van der Waals surface area contributed by atoms with Crippen LogP contribution in [0.15, 0.2) is 218 Å². The van der Waals surface area contributed by atoms with Gasteiger partial charge in [0.1, 0.15) is 0 Å². The maximum Gasteiger partial charge on any atom is 0.0540 e. The zero-order valence-corrected chi connectivity index (χ0v) is 30.9. The van der Waals surface area contributed by atoms with E-state index in [2.05, 4.69) is 228 Å². The number of hydrogen-bond donors (Lipinski definition) is 0. The molecule has 2 nitrogen and oxygen atoms in total. The number of anilines is 6. The van der Waals surface area contributed by atoms with Crippen molar-refractivity contribution < 1.29 is 0 Å². The molecule has 3 heteroatoms. The molecule has 0 amide bonds. The normalized spacial score (nSPS) is 11.3. The molecule has 0 radical (unpaired) electrons. The van der Waals surface area contributed by atoms with Crippen LogP contribution in [0, 0.1) is 0 Å². The Kier molecular flexibility index (Phi) is 8.40. The molecule has 0 aliphatic heterocycles. The molecule has 0 aliphatic rings. The summed E-state index contributed by atoms with van der Waals surface area (Å²) in [5.41, 5.74) is 11.6. The first-order valence-electron chi connectivity index (χ1n) is 18.7. The van der Waals surface area contributed by atoms with Crippen LogP contribution in [0.25, 0.3) is 53.2 Å². The van der Waals surface area contributed by atoms with Crippen molar-refractivity contribution in [2.24, 2.45) is 0 Å². The highest BCUT2D eigenvalue weighted by Gasteiger charge is 2.19. The third-order valence-electron chi connectivity index (χ3n) is 10.5. The summed E-state index contributed by atoms with van der Waals surface area (Å²) in [5, 5.41) is 5.03. The lowest BCUT2D eigenvalue weighted by Gasteiger charge is -2.28. The fourth-order valence-corrected chi connectivity index (χ4v) is 8.97. The molecule has 9 aromatic carbocycles. The average molecular weight is 721 g/mol. The van der Waals surface area contributed by atoms with Crippen molar-refractivity contribution in [2.75, 3.05) is 9.80 Å². The molecule has 1 heterocycles. The second-order valence-electron chi connectivity index (χ2n) is 13.8. The Labute approximate surface area is 325 Å². The van der Waals surface area contributed by atoms with Crippen LogP contribution in [0.4, 0.5) is 34.1 Å². The van der Waals surface area contributed by atoms with Crippen molar-refractivity contribution >= 4 is 76.4 Å². The lowest BCUT2D eigenvalue weighted by atomic mass is 9.96. The highest BCUT2D eigenvalue weighted by molar-refractivity contribution is 7.25. The van der Waals surface area contributed by atoms with Gasteiger partial charge >= 0.3 is 0 Å². The summed E-state index contributed by atoms with van der Waals surface area (Å²) in [5.74, 6) is 0. The van der Waals surface area contributed by atoms with E-state index < -0.39 is 0 Å². The van der Waals surface area contributed by atoms with Crippen LogP contribution in [0.3, 0.4) is 0 Å². The van der Waals surface area contributed by atoms with Gasteiger partial charge in [-0.3, -0.25) is 0 Å². The van der Waals surface area contributed by atoms with Crippen LogP contribution in [0.1, 0.15) is 0 Å². The Bertz CT molecular complexity index is 2900. The molecule has 10 aromatic rings. The molecule has 10 rings (SSSR count). The lowest BCUT2D eigenvalue weighted by Crippen LogP contribution is -2.10. The van der Waals surface area contributed by atoms with Gasteiger partial charge in [-0.1, -0.05) is 146 Å². The van der Waals surface area contributed by atoms with Crippen LogP contribution < -0.4 is 9.80 Å². The minimum Gasteiger partial charge on any atom is -0.310 e. The highest BCUT2D eigenvalue weighted by Crippen LogP contribution is 2.44. The molecule has 0 fully saturated rings. The molecule has 0 N–H and O–H groups in total. The smallest absolute Gasteiger partial charge is 0.0540 e. The molecule has 0 saturated heterocycles. The number of hydrogen-bond acceptors (Lipinski definition) is 3. The standard InChI is InChI=1S/C52H36N2S/c1-4-14-37(15-5-1)38-24-28-43(29-25-38)54(41-18-8-3-9-19-41)50-35-34-45(46-20-10-11-21-47(46)50)39-26-30-42(31-27-39)53(40-16-6-2-7-17-40)44-32-33-49-48-22-12-13-23-51(48)55-52(49)36-44/h1-36H. The first-order valence-corrected chi connectivity index (χ1v) is 19.5. The minimum absolute atomic E-state index is 1.11. The fourth-order valence-electron chi connectivity index (χ4n) is 7.84. The number of thiophene rings is 1. The molecule has 0 aliphatic carbocycles. The topological polar surface area (TPSA) is 6.48 Å². The summed E-state index contributed by atoms with van der Waals surface area (Å²) in [7, 11) is 0. The number of para-hydroxylation sites is 2. The number of nitrogens with zero attached hydrogens (tertiary/aromatic N) is 2. The van der Waals surface area contributed by atoms with Gasteiger partial charge in [0, 0.05) is 54.0 Å². The number of benzene rings is 9. The van der Waals surface area contributed by atoms with Gasteiger partial charge in [-0.15, -0.1) is 11.3 Å². The van der Waals surface area contributed by atoms with Crippen molar-refractivity contribution in [1.29, 1.82) is 0 Å². The molecule has 0 saturated carbocycles. The Balaban J connectivity index is 1.04. The van der Waals surface area contributed by atoms with E-state index in [0.29, 0.717) is 0 Å². The largest absolute Gasteiger partial charge is 0.310 e. The van der Waals surface area contributed by atoms with Crippen LogP contribution >= 0.6 is 11.3 Å². The average Bonchev–Trinajstić information content (AvgIpc) is 3.64. The van der Waals surface area contributed by atoms with Gasteiger partial charge in [-0.25, -0.2) is 0 Å². The monoisotopic (exact) mass is 720 g/mol. The van der Waals surface area contributed by atoms with E-state index in [1.54, 1.807) is 0 Å². The van der Waals surface area contributed by atoms with Gasteiger partial charge in [-0.05, 0) is 100 Å². The fraction of sp³-hybridized carbons (Fsp3) is 0. The van der Waals surface area contributed by atoms with E-state index in [-0.39, 0.29) is 0 Å². The summed E-state index contributed by atoms with van der Waals surface area (Å²) < 4.78 is 2.61. The second kappa shape index (κ2) is 14.1. The summed E-state index contributed by atoms with van der Waals surface area (Å²) in [4.78, 5) is 4.73. The quantitative estimate of drug-likeness (QED) is 0.154. The van der Waals surface area contributed by atoms with Crippen molar-refractivity contribution in [1.82, 2.24) is 0 Å². The van der Waals surface area contributed by atoms with E-state index in [1.165, 1.54) is 53.2 Å². The Hall–Kier alpha value is -6.94.